The van der Waals surface area contributed by atoms with Crippen molar-refractivity contribution in [1.29, 1.82) is 0 Å². The van der Waals surface area contributed by atoms with Crippen molar-refractivity contribution in [3.63, 3.8) is 0 Å². The highest BCUT2D eigenvalue weighted by Gasteiger charge is 2.21. The van der Waals surface area contributed by atoms with Gasteiger partial charge in [0.15, 0.2) is 0 Å². The first-order valence-corrected chi connectivity index (χ1v) is 6.48. The Morgan fingerprint density at radius 1 is 1.50 bits per heavy atom. The summed E-state index contributed by atoms with van der Waals surface area (Å²) in [6, 6.07) is 2.13. The van der Waals surface area contributed by atoms with E-state index in [2.05, 4.69) is 48.1 Å². The molecule has 0 fully saturated rings. The number of halogens is 1. The normalized spacial score (nSPS) is 14.4. The number of hydrogen-bond acceptors (Lipinski definition) is 2. The fraction of sp³-hybridized carbons (Fsp3) is 0.636. The Bertz CT molecular complexity index is 288. The van der Waals surface area contributed by atoms with Gasteiger partial charge in [-0.25, -0.2) is 0 Å². The number of aliphatic hydroxyl groups excluding tert-OH is 1. The first kappa shape index (κ1) is 12.2. The summed E-state index contributed by atoms with van der Waals surface area (Å²) in [6.07, 6.45) is 1.59. The minimum Gasteiger partial charge on any atom is -0.393 e. The molecule has 1 atom stereocenters. The lowest BCUT2D eigenvalue weighted by Gasteiger charge is -2.25. The molecular formula is C11H17BrOS. The van der Waals surface area contributed by atoms with Gasteiger partial charge in [0, 0.05) is 14.7 Å². The van der Waals surface area contributed by atoms with Crippen molar-refractivity contribution in [2.45, 2.75) is 39.7 Å². The zero-order valence-corrected chi connectivity index (χ0v) is 11.3. The van der Waals surface area contributed by atoms with Gasteiger partial charge in [0.1, 0.15) is 0 Å². The van der Waals surface area contributed by atoms with Gasteiger partial charge in [0.05, 0.1) is 6.10 Å². The third kappa shape index (κ3) is 3.71. The molecular weight excluding hydrogens is 260 g/mol. The molecule has 3 heteroatoms. The van der Waals surface area contributed by atoms with Gasteiger partial charge in [-0.1, -0.05) is 20.8 Å². The molecule has 1 aromatic rings. The average molecular weight is 277 g/mol. The lowest BCUT2D eigenvalue weighted by atomic mass is 9.86. The summed E-state index contributed by atoms with van der Waals surface area (Å²) in [6.45, 7) is 6.21. The van der Waals surface area contributed by atoms with Crippen LogP contribution in [0.25, 0.3) is 0 Å². The zero-order valence-electron chi connectivity index (χ0n) is 8.88. The molecule has 1 N–H and O–H groups in total. The summed E-state index contributed by atoms with van der Waals surface area (Å²) in [5.74, 6) is 0. The topological polar surface area (TPSA) is 20.2 Å². The smallest absolute Gasteiger partial charge is 0.0592 e. The Labute approximate surface area is 98.3 Å². The number of aliphatic hydroxyl groups is 1. The van der Waals surface area contributed by atoms with Crippen LogP contribution in [-0.4, -0.2) is 11.2 Å². The molecule has 1 rings (SSSR count). The Hall–Kier alpha value is 0.140. The van der Waals surface area contributed by atoms with E-state index in [1.807, 2.05) is 0 Å². The van der Waals surface area contributed by atoms with Crippen molar-refractivity contribution >= 4 is 27.3 Å². The second-order valence-electron chi connectivity index (χ2n) is 4.65. The molecule has 1 nitrogen and oxygen atoms in total. The number of thiophene rings is 1. The minimum atomic E-state index is -0.219. The van der Waals surface area contributed by atoms with Crippen LogP contribution in [0.1, 0.15) is 32.1 Å². The molecule has 0 amide bonds. The molecule has 0 radical (unpaired) electrons. The molecule has 0 bridgehead atoms. The lowest BCUT2D eigenvalue weighted by molar-refractivity contribution is 0.0562. The van der Waals surface area contributed by atoms with E-state index in [9.17, 15) is 5.11 Å². The van der Waals surface area contributed by atoms with Crippen LogP contribution in [0.15, 0.2) is 15.9 Å². The van der Waals surface area contributed by atoms with E-state index in [0.717, 1.165) is 17.3 Å². The largest absolute Gasteiger partial charge is 0.393 e. The third-order valence-corrected chi connectivity index (χ3v) is 4.04. The van der Waals surface area contributed by atoms with Crippen molar-refractivity contribution in [3.05, 3.63) is 20.8 Å². The zero-order chi connectivity index (χ0) is 10.8. The molecule has 14 heavy (non-hydrogen) atoms. The SMILES string of the molecule is CC(C)(C)C(O)CCc1cc(Br)cs1. The van der Waals surface area contributed by atoms with Gasteiger partial charge in [-0.05, 0) is 40.3 Å². The van der Waals surface area contributed by atoms with E-state index in [4.69, 9.17) is 0 Å². The Kier molecular flexibility index (Phi) is 4.16. The number of aryl methyl sites for hydroxylation is 1. The molecule has 0 saturated heterocycles. The van der Waals surface area contributed by atoms with E-state index in [1.54, 1.807) is 11.3 Å². The standard InChI is InChI=1S/C11H17BrOS/c1-11(2,3)10(13)5-4-9-6-8(12)7-14-9/h6-7,10,13H,4-5H2,1-3H3. The van der Waals surface area contributed by atoms with Gasteiger partial charge >= 0.3 is 0 Å². The van der Waals surface area contributed by atoms with Gasteiger partial charge < -0.3 is 5.11 Å². The van der Waals surface area contributed by atoms with E-state index in [1.165, 1.54) is 4.88 Å². The molecule has 0 aliphatic carbocycles. The summed E-state index contributed by atoms with van der Waals surface area (Å²) in [5.41, 5.74) is -0.00546. The predicted octanol–water partition coefficient (Wildman–Crippen LogP) is 3.85. The fourth-order valence-electron chi connectivity index (χ4n) is 1.20. The molecule has 1 heterocycles. The van der Waals surface area contributed by atoms with Crippen molar-refractivity contribution in [3.8, 4) is 0 Å². The van der Waals surface area contributed by atoms with Gasteiger partial charge in [-0.2, -0.15) is 0 Å². The molecule has 0 aliphatic heterocycles. The minimum absolute atomic E-state index is 0.00546. The van der Waals surface area contributed by atoms with Gasteiger partial charge in [-0.15, -0.1) is 11.3 Å². The highest BCUT2D eigenvalue weighted by Crippen LogP contribution is 2.26. The summed E-state index contributed by atoms with van der Waals surface area (Å²) in [5, 5.41) is 11.9. The second-order valence-corrected chi connectivity index (χ2v) is 6.56. The highest BCUT2D eigenvalue weighted by molar-refractivity contribution is 9.10. The van der Waals surface area contributed by atoms with Gasteiger partial charge in [0.2, 0.25) is 0 Å². The van der Waals surface area contributed by atoms with Crippen LogP contribution in [0.3, 0.4) is 0 Å². The van der Waals surface area contributed by atoms with Gasteiger partial charge in [-0.3, -0.25) is 0 Å². The van der Waals surface area contributed by atoms with Gasteiger partial charge in [0.25, 0.3) is 0 Å². The highest BCUT2D eigenvalue weighted by atomic mass is 79.9. The number of hydrogen-bond donors (Lipinski definition) is 1. The number of rotatable bonds is 3. The molecule has 0 spiro atoms. The molecule has 1 aromatic heterocycles. The average Bonchev–Trinajstić information content (AvgIpc) is 2.45. The Balaban J connectivity index is 2.41. The predicted molar refractivity (Wildman–Crippen MR) is 65.8 cm³/mol. The molecule has 0 saturated carbocycles. The maximum Gasteiger partial charge on any atom is 0.0592 e. The molecule has 0 aromatic carbocycles. The van der Waals surface area contributed by atoms with Crippen molar-refractivity contribution < 1.29 is 5.11 Å². The lowest BCUT2D eigenvalue weighted by Crippen LogP contribution is -2.26. The molecule has 0 aliphatic rings. The first-order valence-electron chi connectivity index (χ1n) is 4.80. The van der Waals surface area contributed by atoms with Crippen LogP contribution in [0.5, 0.6) is 0 Å². The van der Waals surface area contributed by atoms with Crippen molar-refractivity contribution in [2.75, 3.05) is 0 Å². The second kappa shape index (κ2) is 4.77. The first-order chi connectivity index (χ1) is 6.39. The van der Waals surface area contributed by atoms with Crippen LogP contribution in [0.2, 0.25) is 0 Å². The van der Waals surface area contributed by atoms with Crippen LogP contribution in [-0.2, 0) is 6.42 Å². The van der Waals surface area contributed by atoms with E-state index in [0.29, 0.717) is 0 Å². The van der Waals surface area contributed by atoms with Crippen LogP contribution >= 0.6 is 27.3 Å². The Morgan fingerprint density at radius 3 is 2.57 bits per heavy atom. The van der Waals surface area contributed by atoms with Crippen LogP contribution < -0.4 is 0 Å². The van der Waals surface area contributed by atoms with Crippen molar-refractivity contribution in [1.82, 2.24) is 0 Å². The third-order valence-electron chi connectivity index (χ3n) is 2.29. The van der Waals surface area contributed by atoms with E-state index >= 15 is 0 Å². The monoisotopic (exact) mass is 276 g/mol. The maximum absolute atomic E-state index is 9.85. The van der Waals surface area contributed by atoms with E-state index in [-0.39, 0.29) is 11.5 Å². The molecule has 80 valence electrons. The van der Waals surface area contributed by atoms with Crippen molar-refractivity contribution in [2.24, 2.45) is 5.41 Å². The van der Waals surface area contributed by atoms with Crippen LogP contribution in [0, 0.1) is 5.41 Å². The van der Waals surface area contributed by atoms with E-state index < -0.39 is 0 Å². The molecule has 1 unspecified atom stereocenters. The van der Waals surface area contributed by atoms with Crippen LogP contribution in [0.4, 0.5) is 0 Å². The summed E-state index contributed by atoms with van der Waals surface area (Å²) in [7, 11) is 0. The summed E-state index contributed by atoms with van der Waals surface area (Å²) < 4.78 is 1.14. The summed E-state index contributed by atoms with van der Waals surface area (Å²) >= 11 is 5.17. The quantitative estimate of drug-likeness (QED) is 0.889. The Morgan fingerprint density at radius 2 is 2.14 bits per heavy atom. The fourth-order valence-corrected chi connectivity index (χ4v) is 2.67. The summed E-state index contributed by atoms with van der Waals surface area (Å²) in [4.78, 5) is 1.33. The maximum atomic E-state index is 9.85.